The van der Waals surface area contributed by atoms with E-state index in [1.807, 2.05) is 0 Å². The maximum absolute atomic E-state index is 15.5. The topological polar surface area (TPSA) is 112 Å². The van der Waals surface area contributed by atoms with Gasteiger partial charge in [-0.2, -0.15) is 41.6 Å². The van der Waals surface area contributed by atoms with Crippen LogP contribution < -0.4 is 15.4 Å². The molecule has 2 N–H and O–H groups in total. The molecule has 1 amide bonds. The molecule has 2 aliphatic heterocycles. The molecule has 0 spiro atoms. The van der Waals surface area contributed by atoms with Gasteiger partial charge in [0.1, 0.15) is 35.5 Å². The third kappa shape index (κ3) is 6.34. The van der Waals surface area contributed by atoms with Crippen LogP contribution in [0.1, 0.15) is 43.4 Å². The lowest BCUT2D eigenvalue weighted by Gasteiger charge is -2.32. The van der Waals surface area contributed by atoms with Crippen molar-refractivity contribution in [1.29, 1.82) is 5.26 Å². The largest absolute Gasteiger partial charge is 0.462 e. The molecule has 2 aromatic carbocycles. The zero-order valence-electron chi connectivity index (χ0n) is 27.6. The Labute approximate surface area is 290 Å². The maximum Gasteiger partial charge on any atom is 0.419 e. The van der Waals surface area contributed by atoms with Gasteiger partial charge in [0.2, 0.25) is 5.91 Å². The molecule has 2 aliphatic rings. The molecular weight excluding hydrogens is 710 g/mol. The molecule has 4 atom stereocenters. The highest BCUT2D eigenvalue weighted by molar-refractivity contribution is 7.23. The van der Waals surface area contributed by atoms with Crippen molar-refractivity contribution in [3.05, 3.63) is 40.7 Å². The van der Waals surface area contributed by atoms with Gasteiger partial charge in [0.25, 0.3) is 0 Å². The van der Waals surface area contributed by atoms with Crippen molar-refractivity contribution in [2.75, 3.05) is 44.4 Å². The summed E-state index contributed by atoms with van der Waals surface area (Å²) in [6.45, 7) is 3.20. The number of halogens is 8. The zero-order valence-corrected chi connectivity index (χ0v) is 28.4. The number of anilines is 2. The summed E-state index contributed by atoms with van der Waals surface area (Å²) in [4.78, 5) is 25.2. The molecule has 18 heteroatoms. The molecule has 2 saturated heterocycles. The standard InChI is InChI=1S/C33H31F8N7O2S/c1-14-23(7-8-48(14)15(2)49)47(4)30-19-10-21(32(36,37)38)25(18-5-6-22(35)28-24(18)20(11-42)29(43)51-28)26(33(39,40)41)27(19)44-31(45-30)50-13-17-9-16(34)12-46(17)3/h5-6,10,14,16-17,23H,7-9,12-13,43H2,1-4H3/t14-,16+,17-,23-/m0/s1. The number of rotatable bonds is 6. The Morgan fingerprint density at radius 1 is 1.20 bits per heavy atom. The first-order chi connectivity index (χ1) is 23.8. The number of likely N-dealkylation sites (tertiary alicyclic amines) is 2. The monoisotopic (exact) mass is 741 g/mol. The zero-order chi connectivity index (χ0) is 37.3. The van der Waals surface area contributed by atoms with Gasteiger partial charge in [0, 0.05) is 55.5 Å². The van der Waals surface area contributed by atoms with Gasteiger partial charge in [-0.3, -0.25) is 9.69 Å². The molecule has 0 unspecified atom stereocenters. The van der Waals surface area contributed by atoms with Crippen LogP contribution in [0.3, 0.4) is 0 Å². The number of nitriles is 1. The summed E-state index contributed by atoms with van der Waals surface area (Å²) in [5.74, 6) is -1.58. The number of amides is 1. The second-order valence-corrected chi connectivity index (χ2v) is 13.9. The lowest BCUT2D eigenvalue weighted by Crippen LogP contribution is -2.43. The third-order valence-corrected chi connectivity index (χ3v) is 10.8. The number of hydrogen-bond acceptors (Lipinski definition) is 9. The lowest BCUT2D eigenvalue weighted by molar-refractivity contribution is -0.141. The highest BCUT2D eigenvalue weighted by Crippen LogP contribution is 2.52. The number of alkyl halides is 7. The van der Waals surface area contributed by atoms with E-state index in [1.54, 1.807) is 24.9 Å². The Bertz CT molecular complexity index is 2080. The number of benzene rings is 2. The minimum Gasteiger partial charge on any atom is -0.462 e. The maximum atomic E-state index is 15.5. The second-order valence-electron chi connectivity index (χ2n) is 12.8. The molecule has 272 valence electrons. The summed E-state index contributed by atoms with van der Waals surface area (Å²) >= 11 is 0.520. The number of carbonyl (C=O) groups excluding carboxylic acids is 1. The van der Waals surface area contributed by atoms with Gasteiger partial charge in [0.05, 0.1) is 32.9 Å². The number of nitrogen functional groups attached to an aromatic ring is 1. The third-order valence-electron chi connectivity index (χ3n) is 9.73. The summed E-state index contributed by atoms with van der Waals surface area (Å²) in [6.07, 6.45) is -11.7. The number of likely N-dealkylation sites (N-methyl/N-ethyl adjacent to an activating group) is 2. The van der Waals surface area contributed by atoms with Crippen LogP contribution in [0, 0.1) is 17.1 Å². The molecule has 0 saturated carbocycles. The van der Waals surface area contributed by atoms with Gasteiger partial charge in [-0.1, -0.05) is 6.07 Å². The van der Waals surface area contributed by atoms with Crippen LogP contribution >= 0.6 is 11.3 Å². The summed E-state index contributed by atoms with van der Waals surface area (Å²) < 4.78 is 126. The molecule has 4 aromatic rings. The summed E-state index contributed by atoms with van der Waals surface area (Å²) in [7, 11) is 3.08. The number of nitrogens with zero attached hydrogens (tertiary/aromatic N) is 6. The Morgan fingerprint density at radius 3 is 2.47 bits per heavy atom. The number of carbonyl (C=O) groups is 1. The van der Waals surface area contributed by atoms with Crippen molar-refractivity contribution in [2.24, 2.45) is 0 Å². The van der Waals surface area contributed by atoms with Crippen LogP contribution in [-0.2, 0) is 17.1 Å². The number of aromatic nitrogens is 2. The summed E-state index contributed by atoms with van der Waals surface area (Å²) in [5, 5.41) is 8.39. The van der Waals surface area contributed by atoms with E-state index in [2.05, 4.69) is 9.97 Å². The van der Waals surface area contributed by atoms with Gasteiger partial charge >= 0.3 is 18.4 Å². The molecule has 0 aliphatic carbocycles. The van der Waals surface area contributed by atoms with E-state index in [0.29, 0.717) is 29.9 Å². The highest BCUT2D eigenvalue weighted by atomic mass is 32.1. The van der Waals surface area contributed by atoms with Crippen LogP contribution in [-0.4, -0.2) is 83.8 Å². The van der Waals surface area contributed by atoms with Crippen molar-refractivity contribution in [2.45, 2.75) is 63.3 Å². The average molecular weight is 742 g/mol. The first-order valence-corrected chi connectivity index (χ1v) is 16.6. The molecule has 0 radical (unpaired) electrons. The van der Waals surface area contributed by atoms with E-state index in [0.717, 1.165) is 6.07 Å². The fourth-order valence-electron chi connectivity index (χ4n) is 7.27. The van der Waals surface area contributed by atoms with E-state index >= 15 is 26.3 Å². The lowest BCUT2D eigenvalue weighted by atomic mass is 9.88. The molecule has 0 bridgehead atoms. The fourth-order valence-corrected chi connectivity index (χ4v) is 8.22. The Hall–Kier alpha value is -4.50. The van der Waals surface area contributed by atoms with Crippen LogP contribution in [0.2, 0.25) is 0 Å². The minimum absolute atomic E-state index is 0.0652. The van der Waals surface area contributed by atoms with E-state index in [4.69, 9.17) is 10.5 Å². The van der Waals surface area contributed by atoms with E-state index in [9.17, 15) is 18.8 Å². The van der Waals surface area contributed by atoms with Crippen LogP contribution in [0.15, 0.2) is 18.2 Å². The van der Waals surface area contributed by atoms with Crippen LogP contribution in [0.4, 0.5) is 45.9 Å². The molecule has 4 heterocycles. The van der Waals surface area contributed by atoms with Gasteiger partial charge < -0.3 is 20.3 Å². The summed E-state index contributed by atoms with van der Waals surface area (Å²) in [6, 6.07) is 1.47. The number of ether oxygens (including phenoxy) is 1. The highest BCUT2D eigenvalue weighted by Gasteiger charge is 2.46. The van der Waals surface area contributed by atoms with Gasteiger partial charge in [-0.25, -0.2) is 8.78 Å². The fraction of sp³-hybridized carbons (Fsp3) is 0.455. The molecular formula is C33H31F8N7O2S. The summed E-state index contributed by atoms with van der Waals surface area (Å²) in [5.41, 5.74) is -1.20. The number of nitrogens with two attached hydrogens (primary N) is 1. The molecule has 2 aromatic heterocycles. The number of hydrogen-bond donors (Lipinski definition) is 1. The number of fused-ring (bicyclic) bond motifs is 2. The van der Waals surface area contributed by atoms with Crippen molar-refractivity contribution < 1.29 is 44.7 Å². The molecule has 6 rings (SSSR count). The molecule has 2 fully saturated rings. The van der Waals surface area contributed by atoms with Gasteiger partial charge in [0.15, 0.2) is 0 Å². The molecule has 51 heavy (non-hydrogen) atoms. The second kappa shape index (κ2) is 12.9. The predicted molar refractivity (Wildman–Crippen MR) is 175 cm³/mol. The van der Waals surface area contributed by atoms with Crippen molar-refractivity contribution in [3.63, 3.8) is 0 Å². The smallest absolute Gasteiger partial charge is 0.419 e. The van der Waals surface area contributed by atoms with Crippen molar-refractivity contribution in [3.8, 4) is 23.2 Å². The van der Waals surface area contributed by atoms with Crippen LogP contribution in [0.25, 0.3) is 32.1 Å². The van der Waals surface area contributed by atoms with Gasteiger partial charge in [-0.15, -0.1) is 11.3 Å². The Morgan fingerprint density at radius 2 is 1.90 bits per heavy atom. The van der Waals surface area contributed by atoms with Crippen LogP contribution in [0.5, 0.6) is 6.01 Å². The first-order valence-electron chi connectivity index (χ1n) is 15.7. The molecule has 9 nitrogen and oxygen atoms in total. The first kappa shape index (κ1) is 36.3. The quantitative estimate of drug-likeness (QED) is 0.210. The SMILES string of the molecule is CC(=O)N1CC[C@H](N(C)c2nc(OC[C@@H]3C[C@@H](F)CN3C)nc3c(C(F)(F)F)c(-c4ccc(F)c5sc(N)c(C#N)c45)c(C(F)(F)F)cc23)[C@@H]1C. The van der Waals surface area contributed by atoms with Crippen molar-refractivity contribution in [1.82, 2.24) is 19.8 Å². The average Bonchev–Trinajstić information content (AvgIpc) is 3.70. The predicted octanol–water partition coefficient (Wildman–Crippen LogP) is 7.01. The Balaban J connectivity index is 1.69. The minimum atomic E-state index is -5.51. The normalized spacial score (nSPS) is 21.5. The van der Waals surface area contributed by atoms with E-state index in [1.165, 1.54) is 23.8 Å². The Kier molecular flexibility index (Phi) is 9.20. The van der Waals surface area contributed by atoms with E-state index in [-0.39, 0.29) is 42.8 Å². The van der Waals surface area contributed by atoms with E-state index < -0.39 is 97.3 Å². The van der Waals surface area contributed by atoms with Crippen molar-refractivity contribution >= 4 is 49.1 Å². The van der Waals surface area contributed by atoms with Gasteiger partial charge in [-0.05, 0) is 44.5 Å². The number of thiophene rings is 1.